The largest absolute Gasteiger partial charge is 0.336 e. The highest BCUT2D eigenvalue weighted by Gasteiger charge is 2.26. The van der Waals surface area contributed by atoms with Gasteiger partial charge in [-0.3, -0.25) is 9.69 Å². The quantitative estimate of drug-likeness (QED) is 0.904. The number of nitrogens with one attached hydrogen (secondary N) is 1. The summed E-state index contributed by atoms with van der Waals surface area (Å²) in [4.78, 5) is 28.1. The lowest BCUT2D eigenvalue weighted by Gasteiger charge is -2.28. The summed E-state index contributed by atoms with van der Waals surface area (Å²) in [5.74, 6) is 1.74. The number of aryl methyl sites for hydroxylation is 1. The molecule has 1 aromatic heterocycles. The van der Waals surface area contributed by atoms with Gasteiger partial charge in [-0.1, -0.05) is 13.0 Å². The molecule has 4 rings (SSSR count). The van der Waals surface area contributed by atoms with E-state index in [1.54, 1.807) is 21.9 Å². The van der Waals surface area contributed by atoms with Gasteiger partial charge in [-0.25, -0.2) is 4.79 Å². The Morgan fingerprint density at radius 2 is 2.12 bits per heavy atom. The van der Waals surface area contributed by atoms with Crippen LogP contribution in [0.25, 0.3) is 0 Å². The molecule has 0 saturated carbocycles. The standard InChI is InChI=1S/C17H20N6O2/c1-2-14-19-20-15-11-21(8-9-23(14)15)16(24)12-4-3-5-13(10-12)22-7-6-18-17(22)25/h3-5,10H,2,6-9,11H2,1H3,(H,18,25). The lowest BCUT2D eigenvalue weighted by molar-refractivity contribution is 0.0706. The first kappa shape index (κ1) is 15.6. The van der Waals surface area contributed by atoms with E-state index in [2.05, 4.69) is 27.0 Å². The van der Waals surface area contributed by atoms with Crippen LogP contribution in [0.2, 0.25) is 0 Å². The van der Waals surface area contributed by atoms with Crippen LogP contribution in [0, 0.1) is 0 Å². The summed E-state index contributed by atoms with van der Waals surface area (Å²) in [6.07, 6.45) is 0.834. The molecule has 3 amide bonds. The first-order valence-electron chi connectivity index (χ1n) is 8.53. The number of carbonyl (C=O) groups excluding carboxylic acids is 2. The van der Waals surface area contributed by atoms with E-state index >= 15 is 0 Å². The molecule has 1 saturated heterocycles. The number of rotatable bonds is 3. The van der Waals surface area contributed by atoms with Crippen LogP contribution in [-0.4, -0.2) is 51.2 Å². The maximum Gasteiger partial charge on any atom is 0.321 e. The number of hydrogen-bond acceptors (Lipinski definition) is 4. The van der Waals surface area contributed by atoms with Crippen molar-refractivity contribution in [2.45, 2.75) is 26.4 Å². The van der Waals surface area contributed by atoms with Crippen molar-refractivity contribution in [1.82, 2.24) is 25.0 Å². The normalized spacial score (nSPS) is 16.8. The SMILES string of the molecule is CCc1nnc2n1CCN(C(=O)c1cccc(N3CCNC3=O)c1)C2. The molecule has 0 unspecified atom stereocenters. The molecule has 0 atom stereocenters. The van der Waals surface area contributed by atoms with Gasteiger partial charge in [-0.05, 0) is 18.2 Å². The van der Waals surface area contributed by atoms with E-state index in [1.165, 1.54) is 0 Å². The fraction of sp³-hybridized carbons (Fsp3) is 0.412. The number of anilines is 1. The van der Waals surface area contributed by atoms with E-state index < -0.39 is 0 Å². The van der Waals surface area contributed by atoms with Gasteiger partial charge < -0.3 is 14.8 Å². The fourth-order valence-electron chi connectivity index (χ4n) is 3.36. The van der Waals surface area contributed by atoms with Gasteiger partial charge in [0.05, 0.1) is 6.54 Å². The Balaban J connectivity index is 1.54. The van der Waals surface area contributed by atoms with Crippen LogP contribution >= 0.6 is 0 Å². The third-order valence-corrected chi connectivity index (χ3v) is 4.69. The van der Waals surface area contributed by atoms with Crippen molar-refractivity contribution in [3.63, 3.8) is 0 Å². The maximum absolute atomic E-state index is 12.9. The molecule has 0 bridgehead atoms. The second-order valence-electron chi connectivity index (χ2n) is 6.20. The zero-order valence-electron chi connectivity index (χ0n) is 14.1. The molecule has 3 heterocycles. The lowest BCUT2D eigenvalue weighted by Crippen LogP contribution is -2.39. The average Bonchev–Trinajstić information content (AvgIpc) is 3.26. The van der Waals surface area contributed by atoms with E-state index in [-0.39, 0.29) is 11.9 Å². The van der Waals surface area contributed by atoms with Crippen LogP contribution in [0.15, 0.2) is 24.3 Å². The van der Waals surface area contributed by atoms with Gasteiger partial charge in [0.1, 0.15) is 5.82 Å². The van der Waals surface area contributed by atoms with E-state index in [0.29, 0.717) is 38.3 Å². The molecule has 0 aliphatic carbocycles. The molecule has 1 N–H and O–H groups in total. The molecular weight excluding hydrogens is 320 g/mol. The first-order chi connectivity index (χ1) is 12.2. The van der Waals surface area contributed by atoms with Crippen LogP contribution in [0.1, 0.15) is 28.9 Å². The van der Waals surface area contributed by atoms with Crippen molar-refractivity contribution in [3.05, 3.63) is 41.5 Å². The molecule has 0 spiro atoms. The third-order valence-electron chi connectivity index (χ3n) is 4.69. The van der Waals surface area contributed by atoms with Gasteiger partial charge in [0.15, 0.2) is 5.82 Å². The van der Waals surface area contributed by atoms with Gasteiger partial charge in [0, 0.05) is 43.9 Å². The number of carbonyl (C=O) groups is 2. The molecule has 2 aliphatic heterocycles. The number of amides is 3. The van der Waals surface area contributed by atoms with E-state index in [1.807, 2.05) is 12.1 Å². The van der Waals surface area contributed by atoms with Crippen LogP contribution in [0.4, 0.5) is 10.5 Å². The molecule has 8 heteroatoms. The van der Waals surface area contributed by atoms with Crippen molar-refractivity contribution < 1.29 is 9.59 Å². The molecule has 8 nitrogen and oxygen atoms in total. The van der Waals surface area contributed by atoms with Gasteiger partial charge in [0.25, 0.3) is 5.91 Å². The molecule has 25 heavy (non-hydrogen) atoms. The van der Waals surface area contributed by atoms with E-state index in [9.17, 15) is 9.59 Å². The lowest BCUT2D eigenvalue weighted by atomic mass is 10.1. The molecule has 1 fully saturated rings. The molecule has 1 aromatic carbocycles. The van der Waals surface area contributed by atoms with Crippen molar-refractivity contribution in [3.8, 4) is 0 Å². The second-order valence-corrected chi connectivity index (χ2v) is 6.20. The monoisotopic (exact) mass is 340 g/mol. The van der Waals surface area contributed by atoms with Crippen LogP contribution in [0.3, 0.4) is 0 Å². The minimum Gasteiger partial charge on any atom is -0.336 e. The second kappa shape index (κ2) is 6.19. The number of urea groups is 1. The highest BCUT2D eigenvalue weighted by molar-refractivity contribution is 5.98. The first-order valence-corrected chi connectivity index (χ1v) is 8.53. The van der Waals surface area contributed by atoms with E-state index in [4.69, 9.17) is 0 Å². The molecule has 0 radical (unpaired) electrons. The van der Waals surface area contributed by atoms with Crippen LogP contribution < -0.4 is 10.2 Å². The summed E-state index contributed by atoms with van der Waals surface area (Å²) in [5.41, 5.74) is 1.33. The number of benzene rings is 1. The topological polar surface area (TPSA) is 83.4 Å². The Morgan fingerprint density at radius 3 is 2.88 bits per heavy atom. The Morgan fingerprint density at radius 1 is 1.24 bits per heavy atom. The smallest absolute Gasteiger partial charge is 0.321 e. The van der Waals surface area contributed by atoms with Gasteiger partial charge >= 0.3 is 6.03 Å². The highest BCUT2D eigenvalue weighted by atomic mass is 16.2. The number of hydrogen-bond donors (Lipinski definition) is 1. The summed E-state index contributed by atoms with van der Waals surface area (Å²) >= 11 is 0. The molecular formula is C17H20N6O2. The number of aromatic nitrogens is 3. The minimum atomic E-state index is -0.122. The number of fused-ring (bicyclic) bond motifs is 1. The average molecular weight is 340 g/mol. The zero-order valence-corrected chi connectivity index (χ0v) is 14.1. The predicted molar refractivity (Wildman–Crippen MR) is 91.3 cm³/mol. The minimum absolute atomic E-state index is 0.0475. The maximum atomic E-state index is 12.9. The highest BCUT2D eigenvalue weighted by Crippen LogP contribution is 2.21. The Bertz CT molecular complexity index is 830. The molecule has 2 aromatic rings. The number of nitrogens with zero attached hydrogens (tertiary/aromatic N) is 5. The summed E-state index contributed by atoms with van der Waals surface area (Å²) in [6, 6.07) is 7.11. The van der Waals surface area contributed by atoms with Crippen molar-refractivity contribution >= 4 is 17.6 Å². The van der Waals surface area contributed by atoms with Crippen molar-refractivity contribution in [2.24, 2.45) is 0 Å². The van der Waals surface area contributed by atoms with Gasteiger partial charge in [-0.15, -0.1) is 10.2 Å². The Labute approximate surface area is 145 Å². The Hall–Kier alpha value is -2.90. The van der Waals surface area contributed by atoms with E-state index in [0.717, 1.165) is 23.8 Å². The van der Waals surface area contributed by atoms with Crippen LogP contribution in [0.5, 0.6) is 0 Å². The Kier molecular flexibility index (Phi) is 3.87. The zero-order chi connectivity index (χ0) is 17.4. The van der Waals surface area contributed by atoms with Gasteiger partial charge in [0.2, 0.25) is 0 Å². The van der Waals surface area contributed by atoms with Crippen LogP contribution in [-0.2, 0) is 19.5 Å². The summed E-state index contributed by atoms with van der Waals surface area (Å²) in [5, 5.41) is 11.2. The fourth-order valence-corrected chi connectivity index (χ4v) is 3.36. The summed E-state index contributed by atoms with van der Waals surface area (Å²) < 4.78 is 2.09. The molecule has 2 aliphatic rings. The summed E-state index contributed by atoms with van der Waals surface area (Å²) in [7, 11) is 0. The molecule has 130 valence electrons. The summed E-state index contributed by atoms with van der Waals surface area (Å²) in [6.45, 7) is 5.09. The van der Waals surface area contributed by atoms with Crippen molar-refractivity contribution in [2.75, 3.05) is 24.5 Å². The third kappa shape index (κ3) is 2.73. The van der Waals surface area contributed by atoms with Gasteiger partial charge in [-0.2, -0.15) is 0 Å². The predicted octanol–water partition coefficient (Wildman–Crippen LogP) is 1.03. The van der Waals surface area contributed by atoms with Crippen molar-refractivity contribution in [1.29, 1.82) is 0 Å².